The van der Waals surface area contributed by atoms with E-state index in [4.69, 9.17) is 4.74 Å². The van der Waals surface area contributed by atoms with Gasteiger partial charge in [-0.15, -0.1) is 0 Å². The van der Waals surface area contributed by atoms with Gasteiger partial charge >= 0.3 is 0 Å². The Morgan fingerprint density at radius 1 is 1.40 bits per heavy atom. The van der Waals surface area contributed by atoms with Gasteiger partial charge < -0.3 is 4.74 Å². The van der Waals surface area contributed by atoms with Crippen molar-refractivity contribution in [2.24, 2.45) is 0 Å². The minimum atomic E-state index is -3.79. The van der Waals surface area contributed by atoms with Gasteiger partial charge in [-0.2, -0.15) is 0 Å². The molecule has 0 N–H and O–H groups in total. The van der Waals surface area contributed by atoms with Crippen molar-refractivity contribution in [3.8, 4) is 0 Å². The lowest BCUT2D eigenvalue weighted by atomic mass is 10.3. The van der Waals surface area contributed by atoms with Gasteiger partial charge in [0, 0.05) is 0 Å². The molecular weight excluding hydrogens is 226 g/mol. The zero-order valence-corrected chi connectivity index (χ0v) is 8.43. The number of sulfone groups is 1. The topological polar surface area (TPSA) is 46.7 Å². The number of hydrogen-bond donors (Lipinski definition) is 0. The molecule has 1 aliphatic rings. The van der Waals surface area contributed by atoms with Crippen LogP contribution in [0.25, 0.3) is 0 Å². The summed E-state index contributed by atoms with van der Waals surface area (Å²) in [6.45, 7) is 0.357. The summed E-state index contributed by atoms with van der Waals surface area (Å²) in [6, 6.07) is 2.37. The average Bonchev–Trinajstić information content (AvgIpc) is 2.92. The fourth-order valence-electron chi connectivity index (χ4n) is 1.21. The maximum Gasteiger partial charge on any atom is 0.184 e. The van der Waals surface area contributed by atoms with Crippen molar-refractivity contribution in [2.75, 3.05) is 12.4 Å². The second-order valence-electron chi connectivity index (χ2n) is 3.31. The van der Waals surface area contributed by atoms with Crippen LogP contribution in [0.15, 0.2) is 23.1 Å². The predicted octanol–water partition coefficient (Wildman–Crippen LogP) is 1.14. The van der Waals surface area contributed by atoms with Gasteiger partial charge in [0.25, 0.3) is 0 Å². The molecule has 0 aromatic heterocycles. The minimum Gasteiger partial charge on any atom is -0.372 e. The van der Waals surface area contributed by atoms with Crippen molar-refractivity contribution < 1.29 is 21.9 Å². The molecule has 0 radical (unpaired) electrons. The lowest BCUT2D eigenvalue weighted by molar-refractivity contribution is 0.422. The zero-order chi connectivity index (χ0) is 11.1. The molecule has 0 bridgehead atoms. The molecule has 82 valence electrons. The van der Waals surface area contributed by atoms with Crippen LogP contribution in [0, 0.1) is 11.6 Å². The molecule has 1 aromatic carbocycles. The van der Waals surface area contributed by atoms with Crippen LogP contribution in [0.1, 0.15) is 0 Å². The van der Waals surface area contributed by atoms with Crippen LogP contribution < -0.4 is 0 Å². The molecule has 15 heavy (non-hydrogen) atoms. The molecule has 1 aromatic rings. The molecule has 1 aliphatic heterocycles. The highest BCUT2D eigenvalue weighted by atomic mass is 32.2. The van der Waals surface area contributed by atoms with E-state index in [2.05, 4.69) is 0 Å². The SMILES string of the molecule is O=S(=O)(CC1CO1)c1cc(F)ccc1F. The average molecular weight is 234 g/mol. The number of rotatable bonds is 3. The van der Waals surface area contributed by atoms with E-state index < -0.39 is 26.4 Å². The maximum atomic E-state index is 13.1. The first-order valence-corrected chi connectivity index (χ1v) is 5.94. The molecule has 1 atom stereocenters. The van der Waals surface area contributed by atoms with Crippen molar-refractivity contribution in [3.05, 3.63) is 29.8 Å². The molecular formula is C9H8F2O3S. The minimum absolute atomic E-state index is 0.298. The fraction of sp³-hybridized carbons (Fsp3) is 0.333. The predicted molar refractivity (Wildman–Crippen MR) is 48.2 cm³/mol. The van der Waals surface area contributed by atoms with Crippen molar-refractivity contribution in [2.45, 2.75) is 11.0 Å². The second-order valence-corrected chi connectivity index (χ2v) is 5.31. The summed E-state index contributed by atoms with van der Waals surface area (Å²) >= 11 is 0. The molecule has 1 fully saturated rings. The van der Waals surface area contributed by atoms with Crippen molar-refractivity contribution in [1.29, 1.82) is 0 Å². The van der Waals surface area contributed by atoms with E-state index in [1.54, 1.807) is 0 Å². The summed E-state index contributed by atoms with van der Waals surface area (Å²) in [6.07, 6.45) is -0.377. The normalized spacial score (nSPS) is 20.3. The van der Waals surface area contributed by atoms with Crippen LogP contribution in [0.2, 0.25) is 0 Å². The lowest BCUT2D eigenvalue weighted by Crippen LogP contribution is -2.13. The highest BCUT2D eigenvalue weighted by molar-refractivity contribution is 7.91. The standard InChI is InChI=1S/C9H8F2O3S/c10-6-1-2-8(11)9(3-6)15(12,13)5-7-4-14-7/h1-3,7H,4-5H2. The Kier molecular flexibility index (Phi) is 2.47. The van der Waals surface area contributed by atoms with Gasteiger partial charge in [0.1, 0.15) is 16.5 Å². The Bertz CT molecular complexity index is 480. The number of benzene rings is 1. The van der Waals surface area contributed by atoms with E-state index in [0.29, 0.717) is 12.7 Å². The third kappa shape index (κ3) is 2.32. The van der Waals surface area contributed by atoms with Crippen LogP contribution >= 0.6 is 0 Å². The third-order valence-electron chi connectivity index (χ3n) is 2.04. The number of epoxide rings is 1. The number of halogens is 2. The molecule has 0 aliphatic carbocycles. The molecule has 0 amide bonds. The molecule has 1 unspecified atom stereocenters. The molecule has 1 saturated heterocycles. The Morgan fingerprint density at radius 3 is 2.67 bits per heavy atom. The monoisotopic (exact) mass is 234 g/mol. The summed E-state index contributed by atoms with van der Waals surface area (Å²) < 4.78 is 53.8. The molecule has 2 rings (SSSR count). The summed E-state index contributed by atoms with van der Waals surface area (Å²) in [5, 5.41) is 0. The highest BCUT2D eigenvalue weighted by Crippen LogP contribution is 2.21. The van der Waals surface area contributed by atoms with Gasteiger partial charge in [-0.3, -0.25) is 0 Å². The van der Waals surface area contributed by atoms with Crippen molar-refractivity contribution >= 4 is 9.84 Å². The van der Waals surface area contributed by atoms with E-state index >= 15 is 0 Å². The Labute approximate surface area is 85.6 Å². The first kappa shape index (κ1) is 10.5. The summed E-state index contributed by atoms with van der Waals surface area (Å²) in [7, 11) is -3.79. The van der Waals surface area contributed by atoms with Gasteiger partial charge in [-0.05, 0) is 18.2 Å². The third-order valence-corrected chi connectivity index (χ3v) is 3.83. The lowest BCUT2D eigenvalue weighted by Gasteiger charge is -2.03. The fourth-order valence-corrected chi connectivity index (χ4v) is 2.73. The van der Waals surface area contributed by atoms with E-state index in [-0.39, 0.29) is 11.9 Å². The summed E-state index contributed by atoms with van der Waals surface area (Å²) in [5.41, 5.74) is 0. The number of hydrogen-bond acceptors (Lipinski definition) is 3. The molecule has 3 nitrogen and oxygen atoms in total. The zero-order valence-electron chi connectivity index (χ0n) is 7.61. The summed E-state index contributed by atoms with van der Waals surface area (Å²) in [5.74, 6) is -2.00. The summed E-state index contributed by atoms with van der Waals surface area (Å²) in [4.78, 5) is -0.599. The van der Waals surface area contributed by atoms with Gasteiger partial charge in [0.2, 0.25) is 0 Å². The smallest absolute Gasteiger partial charge is 0.184 e. The van der Waals surface area contributed by atoms with Crippen LogP contribution in [-0.4, -0.2) is 26.9 Å². The Hall–Kier alpha value is -1.01. The highest BCUT2D eigenvalue weighted by Gasteiger charge is 2.31. The Balaban J connectivity index is 2.38. The quantitative estimate of drug-likeness (QED) is 0.737. The van der Waals surface area contributed by atoms with E-state index in [9.17, 15) is 17.2 Å². The van der Waals surface area contributed by atoms with Gasteiger partial charge in [-0.25, -0.2) is 17.2 Å². The van der Waals surface area contributed by atoms with Crippen molar-refractivity contribution in [3.63, 3.8) is 0 Å². The van der Waals surface area contributed by atoms with Gasteiger partial charge in [-0.1, -0.05) is 0 Å². The van der Waals surface area contributed by atoms with E-state index in [1.165, 1.54) is 0 Å². The largest absolute Gasteiger partial charge is 0.372 e. The van der Waals surface area contributed by atoms with Crippen LogP contribution in [0.4, 0.5) is 8.78 Å². The van der Waals surface area contributed by atoms with E-state index in [0.717, 1.165) is 12.1 Å². The first-order valence-electron chi connectivity index (χ1n) is 4.28. The van der Waals surface area contributed by atoms with Crippen molar-refractivity contribution in [1.82, 2.24) is 0 Å². The Morgan fingerprint density at radius 2 is 2.07 bits per heavy atom. The first-order chi connectivity index (χ1) is 6.99. The molecule has 6 heteroatoms. The van der Waals surface area contributed by atoms with Crippen LogP contribution in [0.5, 0.6) is 0 Å². The van der Waals surface area contributed by atoms with Gasteiger partial charge in [0.05, 0.1) is 18.5 Å². The van der Waals surface area contributed by atoms with E-state index in [1.807, 2.05) is 0 Å². The van der Waals surface area contributed by atoms with Crippen LogP contribution in [0.3, 0.4) is 0 Å². The molecule has 1 heterocycles. The van der Waals surface area contributed by atoms with Gasteiger partial charge in [0.15, 0.2) is 9.84 Å². The maximum absolute atomic E-state index is 13.1. The van der Waals surface area contributed by atoms with Crippen LogP contribution in [-0.2, 0) is 14.6 Å². The molecule has 0 spiro atoms. The second kappa shape index (κ2) is 3.53. The molecule has 0 saturated carbocycles. The number of ether oxygens (including phenoxy) is 1.